The van der Waals surface area contributed by atoms with Gasteiger partial charge in [0.05, 0.1) is 19.0 Å². The molecular formula is C17H20ClN3O3. The summed E-state index contributed by atoms with van der Waals surface area (Å²) < 4.78 is 8.55. The Hall–Kier alpha value is -2.05. The number of amides is 1. The summed E-state index contributed by atoms with van der Waals surface area (Å²) in [6.07, 6.45) is 1.04. The number of rotatable bonds is 4. The predicted molar refractivity (Wildman–Crippen MR) is 93.1 cm³/mol. The van der Waals surface area contributed by atoms with Gasteiger partial charge in [-0.05, 0) is 42.5 Å². The van der Waals surface area contributed by atoms with Crippen molar-refractivity contribution >= 4 is 35.0 Å². The van der Waals surface area contributed by atoms with Gasteiger partial charge in [-0.1, -0.05) is 0 Å². The number of hydrogen-bond donors (Lipinski definition) is 0. The highest BCUT2D eigenvalue weighted by atomic mass is 35.5. The van der Waals surface area contributed by atoms with Crippen LogP contribution in [0.2, 0.25) is 0 Å². The first kappa shape index (κ1) is 16.8. The molecule has 0 spiro atoms. The van der Waals surface area contributed by atoms with Gasteiger partial charge in [-0.25, -0.2) is 4.42 Å². The molecule has 1 aliphatic rings. The highest BCUT2D eigenvalue weighted by Gasteiger charge is 2.23. The topological polar surface area (TPSA) is 54.8 Å². The average Bonchev–Trinajstić information content (AvgIpc) is 2.86. The lowest BCUT2D eigenvalue weighted by atomic mass is 10.1. The van der Waals surface area contributed by atoms with Gasteiger partial charge in [0.25, 0.3) is 0 Å². The van der Waals surface area contributed by atoms with Gasteiger partial charge in [0.2, 0.25) is 12.3 Å². The minimum atomic E-state index is 0.0515. The maximum atomic E-state index is 12.7. The van der Waals surface area contributed by atoms with Crippen LogP contribution in [0.5, 0.6) is 5.75 Å². The smallest absolute Gasteiger partial charge is 0.227 e. The summed E-state index contributed by atoms with van der Waals surface area (Å²) in [5, 5.41) is 0.878. The van der Waals surface area contributed by atoms with Crippen LogP contribution in [0.1, 0.15) is 11.3 Å². The van der Waals surface area contributed by atoms with Crippen LogP contribution in [0.25, 0.3) is 10.9 Å². The summed E-state index contributed by atoms with van der Waals surface area (Å²) in [4.78, 5) is 25.9. The van der Waals surface area contributed by atoms with Gasteiger partial charge in [0.1, 0.15) is 5.75 Å². The van der Waals surface area contributed by atoms with E-state index < -0.39 is 0 Å². The van der Waals surface area contributed by atoms with E-state index in [2.05, 4.69) is 0 Å². The summed E-state index contributed by atoms with van der Waals surface area (Å²) in [6, 6.07) is 5.53. The molecule has 1 aliphatic heterocycles. The normalized spacial score (nSPS) is 15.7. The first-order valence-corrected chi connectivity index (χ1v) is 8.20. The Morgan fingerprint density at radius 3 is 2.62 bits per heavy atom. The number of ether oxygens (including phenoxy) is 1. The van der Waals surface area contributed by atoms with Crippen molar-refractivity contribution in [2.75, 3.05) is 33.3 Å². The molecule has 0 saturated carbocycles. The SMILES string of the molecule is COc1ccc2c(c1)c(CC(=O)N1CCN(Cl)CC1)c(C)n2C=O. The van der Waals surface area contributed by atoms with Crippen LogP contribution < -0.4 is 4.74 Å². The number of nitrogens with zero attached hydrogens (tertiary/aromatic N) is 3. The van der Waals surface area contributed by atoms with E-state index in [9.17, 15) is 9.59 Å². The molecule has 0 unspecified atom stereocenters. The van der Waals surface area contributed by atoms with E-state index >= 15 is 0 Å². The molecule has 1 aromatic heterocycles. The zero-order chi connectivity index (χ0) is 17.3. The van der Waals surface area contributed by atoms with Gasteiger partial charge in [0, 0.05) is 37.3 Å². The van der Waals surface area contributed by atoms with Gasteiger partial charge in [-0.15, -0.1) is 0 Å². The van der Waals surface area contributed by atoms with Gasteiger partial charge in [0.15, 0.2) is 0 Å². The van der Waals surface area contributed by atoms with Crippen molar-refractivity contribution in [3.05, 3.63) is 29.5 Å². The highest BCUT2D eigenvalue weighted by Crippen LogP contribution is 2.29. The van der Waals surface area contributed by atoms with Crippen LogP contribution >= 0.6 is 11.8 Å². The van der Waals surface area contributed by atoms with Crippen LogP contribution in [0, 0.1) is 6.92 Å². The number of piperazine rings is 1. The molecule has 2 heterocycles. The molecule has 0 radical (unpaired) electrons. The number of benzene rings is 1. The van der Waals surface area contributed by atoms with Gasteiger partial charge in [-0.3, -0.25) is 14.2 Å². The molecule has 3 rings (SSSR count). The van der Waals surface area contributed by atoms with Crippen LogP contribution in [-0.4, -0.2) is 59.5 Å². The van der Waals surface area contributed by atoms with Crippen molar-refractivity contribution < 1.29 is 14.3 Å². The fourth-order valence-corrected chi connectivity index (χ4v) is 3.32. The second kappa shape index (κ2) is 6.83. The maximum Gasteiger partial charge on any atom is 0.227 e. The molecule has 0 aliphatic carbocycles. The predicted octanol–water partition coefficient (Wildman–Crippen LogP) is 1.84. The van der Waals surface area contributed by atoms with Crippen molar-refractivity contribution in [1.29, 1.82) is 0 Å². The number of aromatic nitrogens is 1. The Labute approximate surface area is 145 Å². The first-order chi connectivity index (χ1) is 11.5. The molecule has 1 saturated heterocycles. The summed E-state index contributed by atoms with van der Waals surface area (Å²) in [6.45, 7) is 4.43. The third-order valence-electron chi connectivity index (χ3n) is 4.60. The lowest BCUT2D eigenvalue weighted by molar-refractivity contribution is -0.131. The molecule has 0 N–H and O–H groups in total. The van der Waals surface area contributed by atoms with Crippen molar-refractivity contribution in [3.63, 3.8) is 0 Å². The lowest BCUT2D eigenvalue weighted by Gasteiger charge is -2.30. The van der Waals surface area contributed by atoms with E-state index in [1.165, 1.54) is 0 Å². The van der Waals surface area contributed by atoms with E-state index in [1.807, 2.05) is 30.0 Å². The van der Waals surface area contributed by atoms with E-state index in [0.717, 1.165) is 28.6 Å². The number of hydrogen-bond acceptors (Lipinski definition) is 4. The van der Waals surface area contributed by atoms with Gasteiger partial charge < -0.3 is 9.64 Å². The number of fused-ring (bicyclic) bond motifs is 1. The minimum Gasteiger partial charge on any atom is -0.497 e. The Morgan fingerprint density at radius 1 is 1.29 bits per heavy atom. The average molecular weight is 350 g/mol. The van der Waals surface area contributed by atoms with Crippen molar-refractivity contribution in [2.45, 2.75) is 13.3 Å². The molecule has 1 amide bonds. The van der Waals surface area contributed by atoms with E-state index in [0.29, 0.717) is 31.9 Å². The largest absolute Gasteiger partial charge is 0.497 e. The maximum absolute atomic E-state index is 12.7. The molecule has 7 heteroatoms. The minimum absolute atomic E-state index is 0.0515. The third kappa shape index (κ3) is 2.99. The van der Waals surface area contributed by atoms with Crippen molar-refractivity contribution in [3.8, 4) is 5.75 Å². The van der Waals surface area contributed by atoms with Gasteiger partial charge >= 0.3 is 0 Å². The van der Waals surface area contributed by atoms with E-state index in [-0.39, 0.29) is 12.3 Å². The Bertz CT molecular complexity index is 779. The Balaban J connectivity index is 1.94. The summed E-state index contributed by atoms with van der Waals surface area (Å²) in [7, 11) is 1.60. The second-order valence-corrected chi connectivity index (χ2v) is 6.37. The standard InChI is InChI=1S/C17H20ClN3O3/c1-12-14(10-17(23)19-5-7-20(18)8-6-19)15-9-13(24-2)3-4-16(15)21(12)11-22/h3-4,9,11H,5-8,10H2,1-2H3. The fraction of sp³-hybridized carbons (Fsp3) is 0.412. The number of carbonyl (C=O) groups excluding carboxylic acids is 2. The monoisotopic (exact) mass is 349 g/mol. The second-order valence-electron chi connectivity index (χ2n) is 5.89. The zero-order valence-electron chi connectivity index (χ0n) is 13.8. The lowest BCUT2D eigenvalue weighted by Crippen LogP contribution is -2.46. The Morgan fingerprint density at radius 2 is 2.00 bits per heavy atom. The molecule has 24 heavy (non-hydrogen) atoms. The van der Waals surface area contributed by atoms with Crippen LogP contribution in [-0.2, 0) is 16.0 Å². The van der Waals surface area contributed by atoms with E-state index in [1.54, 1.807) is 16.1 Å². The molecule has 0 bridgehead atoms. The molecular weight excluding hydrogens is 330 g/mol. The zero-order valence-corrected chi connectivity index (χ0v) is 14.5. The third-order valence-corrected chi connectivity index (χ3v) is 4.94. The van der Waals surface area contributed by atoms with Gasteiger partial charge in [-0.2, -0.15) is 0 Å². The van der Waals surface area contributed by atoms with Crippen LogP contribution in [0.15, 0.2) is 18.2 Å². The molecule has 1 aromatic carbocycles. The number of carbonyl (C=O) groups is 2. The van der Waals surface area contributed by atoms with Crippen molar-refractivity contribution in [2.24, 2.45) is 0 Å². The molecule has 0 atom stereocenters. The molecule has 128 valence electrons. The molecule has 6 nitrogen and oxygen atoms in total. The van der Waals surface area contributed by atoms with Crippen LogP contribution in [0.4, 0.5) is 0 Å². The van der Waals surface area contributed by atoms with Crippen molar-refractivity contribution in [1.82, 2.24) is 13.9 Å². The van der Waals surface area contributed by atoms with Crippen LogP contribution in [0.3, 0.4) is 0 Å². The summed E-state index contributed by atoms with van der Waals surface area (Å²) in [5.41, 5.74) is 2.45. The first-order valence-electron chi connectivity index (χ1n) is 7.86. The summed E-state index contributed by atoms with van der Waals surface area (Å²) in [5.74, 6) is 0.755. The fourth-order valence-electron chi connectivity index (χ4n) is 3.17. The summed E-state index contributed by atoms with van der Waals surface area (Å²) >= 11 is 5.94. The molecule has 2 aromatic rings. The number of halogens is 1. The van der Waals surface area contributed by atoms with E-state index in [4.69, 9.17) is 16.5 Å². The quantitative estimate of drug-likeness (QED) is 0.624. The molecule has 1 fully saturated rings. The highest BCUT2D eigenvalue weighted by molar-refractivity contribution is 6.13. The Kier molecular flexibility index (Phi) is 4.78. The number of methoxy groups -OCH3 is 1.